The zero-order valence-electron chi connectivity index (χ0n) is 39.0. The van der Waals surface area contributed by atoms with Gasteiger partial charge in [-0.05, 0) is 138 Å². The Hall–Kier alpha value is -7.36. The van der Waals surface area contributed by atoms with E-state index in [1.165, 1.54) is 44.5 Å². The summed E-state index contributed by atoms with van der Waals surface area (Å²) in [5.41, 5.74) is 18.5. The van der Waals surface area contributed by atoms with Gasteiger partial charge in [0.1, 0.15) is 11.3 Å². The number of rotatable bonds is 13. The van der Waals surface area contributed by atoms with Crippen LogP contribution in [-0.4, -0.2) is 12.4 Å². The van der Waals surface area contributed by atoms with Gasteiger partial charge in [0.2, 0.25) is 0 Å². The summed E-state index contributed by atoms with van der Waals surface area (Å²) in [6.07, 6.45) is 9.67. The number of nitrogens with one attached hydrogen (secondary N) is 1. The summed E-state index contributed by atoms with van der Waals surface area (Å²) in [6, 6.07) is 55.5. The van der Waals surface area contributed by atoms with Crippen molar-refractivity contribution in [1.82, 2.24) is 0 Å². The Balaban J connectivity index is 0.000000822. The average molecular weight is 849 g/mol. The van der Waals surface area contributed by atoms with Crippen molar-refractivity contribution in [3.05, 3.63) is 238 Å². The molecule has 3 heteroatoms. The van der Waals surface area contributed by atoms with Crippen molar-refractivity contribution >= 4 is 35.2 Å². The number of aliphatic imine (C=N–C) groups is 1. The van der Waals surface area contributed by atoms with Crippen molar-refractivity contribution in [3.63, 3.8) is 0 Å². The van der Waals surface area contributed by atoms with E-state index in [1.54, 1.807) is 6.08 Å². The number of hydrogen-bond donors (Lipinski definition) is 1. The van der Waals surface area contributed by atoms with Crippen molar-refractivity contribution < 1.29 is 4.42 Å². The summed E-state index contributed by atoms with van der Waals surface area (Å²) < 4.78 is 6.12. The summed E-state index contributed by atoms with van der Waals surface area (Å²) in [6.45, 7) is 23.0. The highest BCUT2D eigenvalue weighted by molar-refractivity contribution is 6.14. The van der Waals surface area contributed by atoms with Crippen LogP contribution in [0.3, 0.4) is 0 Å². The van der Waals surface area contributed by atoms with E-state index in [0.29, 0.717) is 11.4 Å². The first-order valence-electron chi connectivity index (χ1n) is 22.6. The number of aryl methyl sites for hydroxylation is 5. The predicted molar refractivity (Wildman–Crippen MR) is 281 cm³/mol. The Morgan fingerprint density at radius 2 is 1.35 bits per heavy atom. The lowest BCUT2D eigenvalue weighted by molar-refractivity contribution is 0.577. The number of nitrogens with zero attached hydrogens (tertiary/aromatic N) is 1. The average Bonchev–Trinajstić information content (AvgIpc) is 3.64. The molecular weight excluding hydrogens is 789 g/mol. The first kappa shape index (κ1) is 45.7. The second-order valence-corrected chi connectivity index (χ2v) is 17.4. The smallest absolute Gasteiger partial charge is 0.134 e. The number of allylic oxidation sites excluding steroid dienone is 3. The molecule has 0 spiro atoms. The molecule has 1 aromatic heterocycles. The topological polar surface area (TPSA) is 49.4 Å². The Kier molecular flexibility index (Phi) is 14.4. The minimum atomic E-state index is -0.239. The Morgan fingerprint density at radius 1 is 0.677 bits per heavy atom. The lowest BCUT2D eigenvalue weighted by Gasteiger charge is -2.28. The van der Waals surface area contributed by atoms with Gasteiger partial charge in [0.05, 0.1) is 11.4 Å². The maximum Gasteiger partial charge on any atom is 0.134 e. The van der Waals surface area contributed by atoms with Crippen LogP contribution < -0.4 is 0 Å². The molecule has 0 saturated carbocycles. The van der Waals surface area contributed by atoms with Crippen molar-refractivity contribution in [3.8, 4) is 33.4 Å². The van der Waals surface area contributed by atoms with Crippen molar-refractivity contribution in [1.29, 1.82) is 5.41 Å². The second kappa shape index (κ2) is 20.4. The van der Waals surface area contributed by atoms with Gasteiger partial charge in [-0.3, -0.25) is 4.99 Å². The van der Waals surface area contributed by atoms with Gasteiger partial charge in [-0.25, -0.2) is 0 Å². The Morgan fingerprint density at radius 3 is 2.03 bits per heavy atom. The van der Waals surface area contributed by atoms with Crippen LogP contribution in [0.1, 0.15) is 83.0 Å². The van der Waals surface area contributed by atoms with Crippen LogP contribution >= 0.6 is 0 Å². The predicted octanol–water partition coefficient (Wildman–Crippen LogP) is 16.9. The number of furan rings is 1. The third-order valence-corrected chi connectivity index (χ3v) is 12.4. The van der Waals surface area contributed by atoms with Gasteiger partial charge in [-0.2, -0.15) is 0 Å². The fourth-order valence-corrected chi connectivity index (χ4v) is 8.78. The molecule has 0 aliphatic rings. The largest absolute Gasteiger partial charge is 0.461 e. The minimum Gasteiger partial charge on any atom is -0.461 e. The maximum atomic E-state index is 9.82. The van der Waals surface area contributed by atoms with Crippen LogP contribution in [0.5, 0.6) is 0 Å². The van der Waals surface area contributed by atoms with E-state index in [9.17, 15) is 5.41 Å². The quantitative estimate of drug-likeness (QED) is 0.0912. The highest BCUT2D eigenvalue weighted by Gasteiger charge is 2.25. The van der Waals surface area contributed by atoms with Crippen LogP contribution in [0.15, 0.2) is 192 Å². The second-order valence-electron chi connectivity index (χ2n) is 17.4. The molecular formula is C62H60N2O. The molecule has 0 atom stereocenters. The zero-order chi connectivity index (χ0) is 46.1. The molecule has 1 heterocycles. The molecule has 3 nitrogen and oxygen atoms in total. The molecule has 0 aliphatic heterocycles. The van der Waals surface area contributed by atoms with Crippen molar-refractivity contribution in [2.24, 2.45) is 4.99 Å². The van der Waals surface area contributed by atoms with Gasteiger partial charge < -0.3 is 9.83 Å². The van der Waals surface area contributed by atoms with Crippen molar-refractivity contribution in [2.75, 3.05) is 0 Å². The lowest BCUT2D eigenvalue weighted by atomic mass is 9.75. The Bertz CT molecular complexity index is 3050. The number of fused-ring (bicyclic) bond motifs is 1. The molecule has 0 aliphatic carbocycles. The third kappa shape index (κ3) is 10.2. The summed E-state index contributed by atoms with van der Waals surface area (Å²) in [5, 5.41) is 10.9. The van der Waals surface area contributed by atoms with Crippen LogP contribution in [0.25, 0.3) is 56.1 Å². The summed E-state index contributed by atoms with van der Waals surface area (Å²) in [7, 11) is 0. The van der Waals surface area contributed by atoms with Crippen LogP contribution in [0, 0.1) is 33.1 Å². The molecule has 0 radical (unpaired) electrons. The molecule has 0 amide bonds. The van der Waals surface area contributed by atoms with Gasteiger partial charge in [0.25, 0.3) is 0 Å². The van der Waals surface area contributed by atoms with Crippen LogP contribution in [-0.2, 0) is 11.8 Å². The SMILES string of the molecule is C=C/C=C\c1c(C)oc2ccc(-c3ccc(-c4ccc(CCC)c(-c5ccccc5C)c4)c(C(=N)/C=C(\N=C)c4ccc(C)c(C(C)(C)c5ccccc5)c4)c3)cc12.Cc1ccccc1. The highest BCUT2D eigenvalue weighted by atomic mass is 16.3. The Labute approximate surface area is 386 Å². The van der Waals surface area contributed by atoms with E-state index >= 15 is 0 Å². The van der Waals surface area contributed by atoms with E-state index in [-0.39, 0.29) is 5.41 Å². The monoisotopic (exact) mass is 848 g/mol. The van der Waals surface area contributed by atoms with Gasteiger partial charge in [-0.1, -0.05) is 185 Å². The third-order valence-electron chi connectivity index (χ3n) is 12.4. The molecule has 8 aromatic rings. The zero-order valence-corrected chi connectivity index (χ0v) is 39.0. The normalized spacial score (nSPS) is 11.6. The molecule has 7 aromatic carbocycles. The van der Waals surface area contributed by atoms with Crippen molar-refractivity contribution in [2.45, 2.75) is 66.7 Å². The molecule has 0 unspecified atom stereocenters. The highest BCUT2D eigenvalue weighted by Crippen LogP contribution is 2.39. The molecule has 0 fully saturated rings. The molecule has 8 rings (SSSR count). The molecule has 324 valence electrons. The number of benzene rings is 7. The van der Waals surface area contributed by atoms with E-state index in [4.69, 9.17) is 4.42 Å². The van der Waals surface area contributed by atoms with Crippen LogP contribution in [0.2, 0.25) is 0 Å². The molecule has 1 N–H and O–H groups in total. The van der Waals surface area contributed by atoms with Gasteiger partial charge in [0.15, 0.2) is 0 Å². The van der Waals surface area contributed by atoms with E-state index < -0.39 is 0 Å². The van der Waals surface area contributed by atoms with Gasteiger partial charge in [-0.15, -0.1) is 0 Å². The lowest BCUT2D eigenvalue weighted by Crippen LogP contribution is -2.20. The number of hydrogen-bond acceptors (Lipinski definition) is 3. The minimum absolute atomic E-state index is 0.239. The first-order valence-corrected chi connectivity index (χ1v) is 22.6. The summed E-state index contributed by atoms with van der Waals surface area (Å²) in [4.78, 5) is 4.54. The molecule has 0 saturated heterocycles. The maximum absolute atomic E-state index is 9.82. The first-order chi connectivity index (χ1) is 31.4. The fourth-order valence-electron chi connectivity index (χ4n) is 8.78. The van der Waals surface area contributed by atoms with Gasteiger partial charge >= 0.3 is 0 Å². The summed E-state index contributed by atoms with van der Waals surface area (Å²) >= 11 is 0. The van der Waals surface area contributed by atoms with Crippen LogP contribution in [0.4, 0.5) is 0 Å². The molecule has 65 heavy (non-hydrogen) atoms. The molecule has 0 bridgehead atoms. The van der Waals surface area contributed by atoms with E-state index in [0.717, 1.165) is 68.5 Å². The fraction of sp³-hybridized carbons (Fsp3) is 0.161. The summed E-state index contributed by atoms with van der Waals surface area (Å²) in [5.74, 6) is 0.861. The standard InChI is InChI=1S/C55H52N2O.C7H8/c1-9-11-21-46-38(5)58-54-30-28-41(32-50(46)54)40-27-29-47(42-26-25-39(17-10-2)48(33-42)45-22-16-15-18-36(45)3)49(31-40)52(56)35-53(57-8)43-24-23-37(4)51(34-43)55(6,7)44-19-13-12-14-20-44;1-7-5-3-2-4-6-7/h9,11-16,18-35,56H,1,8,10,17H2,2-7H3;2-6H,1H3/b21-11-,53-35-,56-52?;. The van der Waals surface area contributed by atoms with Gasteiger partial charge in [0, 0.05) is 27.5 Å². The van der Waals surface area contributed by atoms with E-state index in [1.807, 2.05) is 49.4 Å². The van der Waals surface area contributed by atoms with E-state index in [2.05, 4.69) is 193 Å².